The average Bonchev–Trinajstić information content (AvgIpc) is 3.12. The number of piperazine rings is 1. The largest absolute Gasteiger partial charge is 0.480 e. The quantitative estimate of drug-likeness (QED) is 0.809. The summed E-state index contributed by atoms with van der Waals surface area (Å²) in [7, 11) is 0. The molecule has 6 nitrogen and oxygen atoms in total. The maximum Gasteiger partial charge on any atom is 0.264 e. The van der Waals surface area contributed by atoms with Gasteiger partial charge in [-0.2, -0.15) is 0 Å². The molecule has 2 saturated heterocycles. The molecule has 0 saturated carbocycles. The van der Waals surface area contributed by atoms with Crippen LogP contribution in [-0.4, -0.2) is 77.9 Å². The minimum absolute atomic E-state index is 0.0711. The van der Waals surface area contributed by atoms with Gasteiger partial charge in [0.25, 0.3) is 5.91 Å². The van der Waals surface area contributed by atoms with Crippen LogP contribution in [-0.2, 0) is 16.0 Å². The van der Waals surface area contributed by atoms with E-state index in [9.17, 15) is 9.59 Å². The third kappa shape index (κ3) is 3.95. The first kappa shape index (κ1) is 18.3. The van der Waals surface area contributed by atoms with Crippen molar-refractivity contribution >= 4 is 11.8 Å². The van der Waals surface area contributed by atoms with Gasteiger partial charge in [-0.1, -0.05) is 18.2 Å². The molecule has 27 heavy (non-hydrogen) atoms. The molecular formula is C21H29N3O3. The van der Waals surface area contributed by atoms with Crippen molar-refractivity contribution < 1.29 is 14.3 Å². The molecule has 2 fully saturated rings. The Hall–Kier alpha value is -2.08. The maximum atomic E-state index is 12.8. The van der Waals surface area contributed by atoms with Crippen molar-refractivity contribution in [3.05, 3.63) is 29.8 Å². The molecule has 6 heteroatoms. The van der Waals surface area contributed by atoms with Gasteiger partial charge < -0.3 is 14.5 Å². The molecule has 4 rings (SSSR count). The third-order valence-corrected chi connectivity index (χ3v) is 6.09. The number of para-hydroxylation sites is 1. The molecule has 3 aliphatic rings. The van der Waals surface area contributed by atoms with E-state index in [2.05, 4.69) is 11.8 Å². The topological polar surface area (TPSA) is 53.1 Å². The highest BCUT2D eigenvalue weighted by atomic mass is 16.5. The van der Waals surface area contributed by atoms with Gasteiger partial charge in [0, 0.05) is 45.2 Å². The van der Waals surface area contributed by atoms with Crippen molar-refractivity contribution in [1.29, 1.82) is 0 Å². The van der Waals surface area contributed by atoms with Crippen molar-refractivity contribution in [2.45, 2.75) is 44.8 Å². The minimum atomic E-state index is -0.398. The number of likely N-dealkylation sites (tertiary alicyclic amines) is 1. The second-order valence-electron chi connectivity index (χ2n) is 7.95. The Labute approximate surface area is 161 Å². The molecule has 0 unspecified atom stereocenters. The maximum absolute atomic E-state index is 12.8. The number of ether oxygens (including phenoxy) is 1. The van der Waals surface area contributed by atoms with E-state index in [1.807, 2.05) is 34.1 Å². The zero-order valence-corrected chi connectivity index (χ0v) is 16.1. The molecule has 0 aromatic heterocycles. The van der Waals surface area contributed by atoms with Crippen LogP contribution >= 0.6 is 0 Å². The van der Waals surface area contributed by atoms with E-state index in [-0.39, 0.29) is 11.8 Å². The van der Waals surface area contributed by atoms with E-state index in [1.165, 1.54) is 6.42 Å². The molecule has 1 aromatic rings. The molecule has 3 heterocycles. The Morgan fingerprint density at radius 2 is 1.85 bits per heavy atom. The summed E-state index contributed by atoms with van der Waals surface area (Å²) in [6.07, 6.45) is 3.70. The Morgan fingerprint density at radius 3 is 2.59 bits per heavy atom. The Balaban J connectivity index is 1.25. The predicted molar refractivity (Wildman–Crippen MR) is 103 cm³/mol. The first-order valence-electron chi connectivity index (χ1n) is 10.2. The van der Waals surface area contributed by atoms with Crippen LogP contribution in [0.5, 0.6) is 5.75 Å². The summed E-state index contributed by atoms with van der Waals surface area (Å²) in [5, 5.41) is 0. The number of carbonyl (C=O) groups is 2. The van der Waals surface area contributed by atoms with Crippen LogP contribution in [0.4, 0.5) is 0 Å². The summed E-state index contributed by atoms with van der Waals surface area (Å²) >= 11 is 0. The summed E-state index contributed by atoms with van der Waals surface area (Å²) < 4.78 is 5.84. The second kappa shape index (κ2) is 7.89. The Kier molecular flexibility index (Phi) is 5.34. The number of benzene rings is 1. The summed E-state index contributed by atoms with van der Waals surface area (Å²) in [6.45, 7) is 6.33. The number of rotatable bonds is 3. The second-order valence-corrected chi connectivity index (χ2v) is 7.95. The van der Waals surface area contributed by atoms with Gasteiger partial charge in [-0.3, -0.25) is 14.5 Å². The van der Waals surface area contributed by atoms with E-state index in [4.69, 9.17) is 4.74 Å². The predicted octanol–water partition coefficient (Wildman–Crippen LogP) is 1.54. The number of amides is 2. The molecule has 2 amide bonds. The molecule has 2 atom stereocenters. The van der Waals surface area contributed by atoms with Crippen molar-refractivity contribution in [1.82, 2.24) is 14.7 Å². The van der Waals surface area contributed by atoms with E-state index >= 15 is 0 Å². The first-order valence-corrected chi connectivity index (χ1v) is 10.2. The van der Waals surface area contributed by atoms with E-state index < -0.39 is 6.10 Å². The lowest BCUT2D eigenvalue weighted by Gasteiger charge is -2.38. The first-order chi connectivity index (χ1) is 13.1. The number of hydrogen-bond donors (Lipinski definition) is 0. The van der Waals surface area contributed by atoms with E-state index in [0.717, 1.165) is 43.8 Å². The van der Waals surface area contributed by atoms with Gasteiger partial charge in [0.15, 0.2) is 6.10 Å². The monoisotopic (exact) mass is 371 g/mol. The number of nitrogens with zero attached hydrogens (tertiary/aromatic N) is 3. The van der Waals surface area contributed by atoms with Crippen molar-refractivity contribution in [3.63, 3.8) is 0 Å². The van der Waals surface area contributed by atoms with Crippen LogP contribution in [0.1, 0.15) is 31.7 Å². The lowest BCUT2D eigenvalue weighted by atomic mass is 10.0. The van der Waals surface area contributed by atoms with Crippen LogP contribution in [0.2, 0.25) is 0 Å². The van der Waals surface area contributed by atoms with Gasteiger partial charge >= 0.3 is 0 Å². The normalized spacial score (nSPS) is 25.8. The van der Waals surface area contributed by atoms with Crippen LogP contribution in [0.25, 0.3) is 0 Å². The highest BCUT2D eigenvalue weighted by Crippen LogP contribution is 2.29. The minimum Gasteiger partial charge on any atom is -0.480 e. The Bertz CT molecular complexity index is 675. The van der Waals surface area contributed by atoms with Crippen LogP contribution < -0.4 is 4.74 Å². The lowest BCUT2D eigenvalue weighted by Crippen LogP contribution is -2.55. The van der Waals surface area contributed by atoms with Crippen LogP contribution in [0.15, 0.2) is 24.3 Å². The van der Waals surface area contributed by atoms with E-state index in [0.29, 0.717) is 32.1 Å². The van der Waals surface area contributed by atoms with Crippen molar-refractivity contribution in [3.8, 4) is 5.75 Å². The molecule has 0 spiro atoms. The van der Waals surface area contributed by atoms with Crippen LogP contribution in [0, 0.1) is 0 Å². The molecule has 0 bridgehead atoms. The lowest BCUT2D eigenvalue weighted by molar-refractivity contribution is -0.140. The average molecular weight is 371 g/mol. The fraction of sp³-hybridized carbons (Fsp3) is 0.619. The molecule has 146 valence electrons. The van der Waals surface area contributed by atoms with Gasteiger partial charge in [-0.25, -0.2) is 0 Å². The fourth-order valence-corrected chi connectivity index (χ4v) is 4.40. The summed E-state index contributed by atoms with van der Waals surface area (Å²) in [4.78, 5) is 31.5. The van der Waals surface area contributed by atoms with Crippen LogP contribution in [0.3, 0.4) is 0 Å². The fourth-order valence-electron chi connectivity index (χ4n) is 4.40. The van der Waals surface area contributed by atoms with Gasteiger partial charge in [0.2, 0.25) is 5.91 Å². The highest BCUT2D eigenvalue weighted by Gasteiger charge is 2.34. The molecule has 0 aliphatic carbocycles. The standard InChI is InChI=1S/C21H29N3O3/c1-16-6-4-5-9-24(16)20(25)15-22-10-12-23(13-11-22)21(26)19-14-17-7-2-3-8-18(17)27-19/h2-3,7-8,16,19H,4-6,9-15H2,1H3/t16-,19+/m1/s1. The SMILES string of the molecule is C[C@@H]1CCCCN1C(=O)CN1CCN(C(=O)[C@@H]2Cc3ccccc3O2)CC1. The summed E-state index contributed by atoms with van der Waals surface area (Å²) in [5.41, 5.74) is 1.11. The van der Waals surface area contributed by atoms with Gasteiger partial charge in [-0.15, -0.1) is 0 Å². The van der Waals surface area contributed by atoms with Gasteiger partial charge in [0.05, 0.1) is 6.54 Å². The number of hydrogen-bond acceptors (Lipinski definition) is 4. The zero-order chi connectivity index (χ0) is 18.8. The Morgan fingerprint density at radius 1 is 1.07 bits per heavy atom. The zero-order valence-electron chi connectivity index (χ0n) is 16.1. The van der Waals surface area contributed by atoms with Crippen molar-refractivity contribution in [2.75, 3.05) is 39.3 Å². The highest BCUT2D eigenvalue weighted by molar-refractivity contribution is 5.83. The molecular weight excluding hydrogens is 342 g/mol. The summed E-state index contributed by atoms with van der Waals surface area (Å²) in [6, 6.07) is 8.22. The summed E-state index contributed by atoms with van der Waals surface area (Å²) in [5.74, 6) is 1.13. The molecule has 3 aliphatic heterocycles. The van der Waals surface area contributed by atoms with Gasteiger partial charge in [-0.05, 0) is 37.8 Å². The van der Waals surface area contributed by atoms with E-state index in [1.54, 1.807) is 0 Å². The molecule has 0 N–H and O–H groups in total. The smallest absolute Gasteiger partial charge is 0.264 e. The number of fused-ring (bicyclic) bond motifs is 1. The van der Waals surface area contributed by atoms with Crippen molar-refractivity contribution in [2.24, 2.45) is 0 Å². The van der Waals surface area contributed by atoms with Gasteiger partial charge in [0.1, 0.15) is 5.75 Å². The number of carbonyl (C=O) groups excluding carboxylic acids is 2. The number of piperidine rings is 1. The molecule has 1 aromatic carbocycles. The molecule has 0 radical (unpaired) electrons. The third-order valence-electron chi connectivity index (χ3n) is 6.09.